The van der Waals surface area contributed by atoms with Crippen molar-refractivity contribution < 1.29 is 0 Å². The van der Waals surface area contributed by atoms with Crippen LogP contribution in [-0.2, 0) is 0 Å². The third-order valence-electron chi connectivity index (χ3n) is 4.12. The molecular formula is C17H28N4S. The molecule has 4 nitrogen and oxygen atoms in total. The van der Waals surface area contributed by atoms with E-state index < -0.39 is 0 Å². The monoisotopic (exact) mass is 320 g/mol. The first-order valence-corrected chi connectivity index (χ1v) is 8.64. The van der Waals surface area contributed by atoms with Gasteiger partial charge in [0.25, 0.3) is 0 Å². The van der Waals surface area contributed by atoms with Crippen molar-refractivity contribution in [2.75, 3.05) is 31.5 Å². The summed E-state index contributed by atoms with van der Waals surface area (Å²) in [5.74, 6) is 2.48. The zero-order valence-corrected chi connectivity index (χ0v) is 14.7. The Morgan fingerprint density at radius 1 is 1.36 bits per heavy atom. The number of rotatable bonds is 5. The second-order valence-corrected chi connectivity index (χ2v) is 7.02. The van der Waals surface area contributed by atoms with Gasteiger partial charge in [-0.3, -0.25) is 0 Å². The van der Waals surface area contributed by atoms with Gasteiger partial charge in [0, 0.05) is 25.8 Å². The molecule has 0 amide bonds. The quantitative estimate of drug-likeness (QED) is 0.644. The summed E-state index contributed by atoms with van der Waals surface area (Å²) in [6, 6.07) is 3.95. The fourth-order valence-corrected chi connectivity index (χ4v) is 3.45. The van der Waals surface area contributed by atoms with Crippen molar-refractivity contribution in [1.29, 1.82) is 0 Å². The van der Waals surface area contributed by atoms with Crippen LogP contribution in [0.2, 0.25) is 0 Å². The van der Waals surface area contributed by atoms with Crippen molar-refractivity contribution in [1.82, 2.24) is 15.2 Å². The molecule has 0 bridgehead atoms. The Hall–Kier alpha value is -1.20. The molecule has 0 saturated carbocycles. The van der Waals surface area contributed by atoms with E-state index in [9.17, 15) is 0 Å². The number of hydrogen-bond donors (Lipinski definition) is 2. The molecule has 0 aliphatic carbocycles. The summed E-state index contributed by atoms with van der Waals surface area (Å²) in [6.07, 6.45) is 4.26. The van der Waals surface area contributed by atoms with Crippen LogP contribution in [0.3, 0.4) is 0 Å². The summed E-state index contributed by atoms with van der Waals surface area (Å²) in [7, 11) is 0. The maximum atomic E-state index is 5.33. The molecule has 1 fully saturated rings. The number of anilines is 1. The van der Waals surface area contributed by atoms with Crippen LogP contribution in [0.15, 0.2) is 18.3 Å². The van der Waals surface area contributed by atoms with Crippen LogP contribution in [0.25, 0.3) is 0 Å². The van der Waals surface area contributed by atoms with E-state index in [1.807, 2.05) is 19.1 Å². The number of nitrogens with zero attached hydrogens (tertiary/aromatic N) is 2. The minimum Gasteiger partial charge on any atom is -0.362 e. The molecule has 122 valence electrons. The molecule has 2 rings (SSSR count). The number of aromatic nitrogens is 1. The number of hydrogen-bond acceptors (Lipinski definition) is 3. The van der Waals surface area contributed by atoms with Crippen LogP contribution in [0.1, 0.15) is 32.3 Å². The summed E-state index contributed by atoms with van der Waals surface area (Å²) >= 11 is 5.33. The number of nitrogens with one attached hydrogen (secondary N) is 2. The molecule has 0 radical (unpaired) electrons. The Morgan fingerprint density at radius 3 is 2.77 bits per heavy atom. The maximum absolute atomic E-state index is 5.33. The number of pyridine rings is 1. The minimum atomic E-state index is 0.655. The predicted octanol–water partition coefficient (Wildman–Crippen LogP) is 3.04. The lowest BCUT2D eigenvalue weighted by Crippen LogP contribution is -2.40. The van der Waals surface area contributed by atoms with Crippen molar-refractivity contribution in [3.63, 3.8) is 0 Å². The molecule has 1 aromatic heterocycles. The van der Waals surface area contributed by atoms with E-state index in [0.29, 0.717) is 5.11 Å². The molecule has 0 unspecified atom stereocenters. The predicted molar refractivity (Wildman–Crippen MR) is 97.2 cm³/mol. The number of thiocarbonyl (C=S) groups is 1. The molecule has 1 aliphatic heterocycles. The lowest BCUT2D eigenvalue weighted by Gasteiger charge is -2.34. The Morgan fingerprint density at radius 2 is 2.09 bits per heavy atom. The molecule has 2 N–H and O–H groups in total. The highest BCUT2D eigenvalue weighted by Gasteiger charge is 2.20. The zero-order chi connectivity index (χ0) is 15.9. The van der Waals surface area contributed by atoms with Crippen LogP contribution < -0.4 is 10.6 Å². The first kappa shape index (κ1) is 17.2. The van der Waals surface area contributed by atoms with Gasteiger partial charge in [0.1, 0.15) is 5.82 Å². The third-order valence-corrected chi connectivity index (χ3v) is 4.37. The van der Waals surface area contributed by atoms with Gasteiger partial charge in [0.2, 0.25) is 0 Å². The smallest absolute Gasteiger partial charge is 0.171 e. The van der Waals surface area contributed by atoms with Crippen molar-refractivity contribution >= 4 is 23.1 Å². The van der Waals surface area contributed by atoms with Crippen molar-refractivity contribution in [2.45, 2.75) is 33.6 Å². The van der Waals surface area contributed by atoms with Gasteiger partial charge in [-0.25, -0.2) is 4.98 Å². The molecule has 5 heteroatoms. The lowest BCUT2D eigenvalue weighted by molar-refractivity contribution is 0.140. The van der Waals surface area contributed by atoms with Crippen molar-refractivity contribution in [3.05, 3.63) is 23.9 Å². The molecule has 22 heavy (non-hydrogen) atoms. The molecule has 2 atom stereocenters. The normalized spacial score (nSPS) is 22.3. The van der Waals surface area contributed by atoms with Crippen LogP contribution in [0.4, 0.5) is 5.82 Å². The molecule has 0 aromatic carbocycles. The molecule has 2 heterocycles. The highest BCUT2D eigenvalue weighted by Crippen LogP contribution is 2.20. The van der Waals surface area contributed by atoms with Crippen LogP contribution >= 0.6 is 12.2 Å². The third kappa shape index (κ3) is 5.54. The highest BCUT2D eigenvalue weighted by atomic mass is 32.1. The number of likely N-dealkylation sites (tertiary alicyclic amines) is 1. The van der Waals surface area contributed by atoms with E-state index in [-0.39, 0.29) is 0 Å². The molecule has 1 aliphatic rings. The standard InChI is InChI=1S/C17H28N4S/c1-13-10-14(2)12-21(11-13)9-5-8-19-17(22)20-16-15(3)6-4-7-18-16/h4,6-7,13-14H,5,8-12H2,1-3H3,(H2,18,19,20,22)/t13-,14-/m1/s1. The van der Waals surface area contributed by atoms with Crippen molar-refractivity contribution in [2.24, 2.45) is 11.8 Å². The van der Waals surface area contributed by atoms with Gasteiger partial charge in [-0.05, 0) is 62.0 Å². The topological polar surface area (TPSA) is 40.2 Å². The summed E-state index contributed by atoms with van der Waals surface area (Å²) in [5.41, 5.74) is 1.10. The van der Waals surface area contributed by atoms with Gasteiger partial charge in [-0.1, -0.05) is 19.9 Å². The van der Waals surface area contributed by atoms with E-state index >= 15 is 0 Å². The largest absolute Gasteiger partial charge is 0.362 e. The Labute approximate surface area is 139 Å². The van der Waals surface area contributed by atoms with Gasteiger partial charge < -0.3 is 15.5 Å². The SMILES string of the molecule is Cc1cccnc1NC(=S)NCCCN1C[C@H](C)C[C@@H](C)C1. The first-order chi connectivity index (χ1) is 10.5. The van der Waals surface area contributed by atoms with Gasteiger partial charge in [-0.2, -0.15) is 0 Å². The minimum absolute atomic E-state index is 0.655. The maximum Gasteiger partial charge on any atom is 0.171 e. The second-order valence-electron chi connectivity index (χ2n) is 6.61. The Kier molecular flexibility index (Phi) is 6.58. The van der Waals surface area contributed by atoms with E-state index in [4.69, 9.17) is 12.2 Å². The van der Waals surface area contributed by atoms with Gasteiger partial charge in [-0.15, -0.1) is 0 Å². The van der Waals surface area contributed by atoms with E-state index in [1.54, 1.807) is 6.20 Å². The molecular weight excluding hydrogens is 292 g/mol. The van der Waals surface area contributed by atoms with E-state index in [0.717, 1.165) is 42.7 Å². The second kappa shape index (κ2) is 8.44. The zero-order valence-electron chi connectivity index (χ0n) is 13.9. The number of aryl methyl sites for hydroxylation is 1. The Bertz CT molecular complexity index is 481. The van der Waals surface area contributed by atoms with Crippen LogP contribution in [-0.4, -0.2) is 41.2 Å². The lowest BCUT2D eigenvalue weighted by atomic mass is 9.92. The van der Waals surface area contributed by atoms with Gasteiger partial charge >= 0.3 is 0 Å². The summed E-state index contributed by atoms with van der Waals surface area (Å²) < 4.78 is 0. The first-order valence-electron chi connectivity index (χ1n) is 8.23. The summed E-state index contributed by atoms with van der Waals surface area (Å²) in [5, 5.41) is 7.09. The average Bonchev–Trinajstić information content (AvgIpc) is 2.45. The van der Waals surface area contributed by atoms with E-state index in [1.165, 1.54) is 19.5 Å². The van der Waals surface area contributed by atoms with Crippen molar-refractivity contribution in [3.8, 4) is 0 Å². The fourth-order valence-electron chi connectivity index (χ4n) is 3.25. The molecule has 1 aromatic rings. The van der Waals surface area contributed by atoms with Gasteiger partial charge in [0.15, 0.2) is 5.11 Å². The summed E-state index contributed by atoms with van der Waals surface area (Å²) in [4.78, 5) is 6.87. The number of piperidine rings is 1. The van der Waals surface area contributed by atoms with Gasteiger partial charge in [0.05, 0.1) is 0 Å². The van der Waals surface area contributed by atoms with E-state index in [2.05, 4.69) is 34.4 Å². The average molecular weight is 321 g/mol. The Balaban J connectivity index is 1.64. The fraction of sp³-hybridized carbons (Fsp3) is 0.647. The molecule has 1 saturated heterocycles. The summed E-state index contributed by atoms with van der Waals surface area (Å²) in [6.45, 7) is 11.3. The highest BCUT2D eigenvalue weighted by molar-refractivity contribution is 7.80. The van der Waals surface area contributed by atoms with Crippen LogP contribution in [0.5, 0.6) is 0 Å². The molecule has 0 spiro atoms. The van der Waals surface area contributed by atoms with Crippen LogP contribution in [0, 0.1) is 18.8 Å².